The molecule has 0 bridgehead atoms. The number of fused-ring (bicyclic) bond motifs is 3. The molecule has 0 saturated carbocycles. The minimum atomic E-state index is -4.64. The van der Waals surface area contributed by atoms with Gasteiger partial charge in [0.2, 0.25) is 0 Å². The van der Waals surface area contributed by atoms with Crippen molar-refractivity contribution >= 4 is 45.8 Å². The lowest BCUT2D eigenvalue weighted by Crippen LogP contribution is -2.48. The van der Waals surface area contributed by atoms with E-state index in [-0.39, 0.29) is 28.0 Å². The number of urea groups is 1. The van der Waals surface area contributed by atoms with Gasteiger partial charge in [0, 0.05) is 33.2 Å². The van der Waals surface area contributed by atoms with Crippen molar-refractivity contribution in [2.24, 2.45) is 0 Å². The molecule has 1 atom stereocenters. The van der Waals surface area contributed by atoms with Crippen LogP contribution in [0.15, 0.2) is 42.5 Å². The number of hydrogen-bond donors (Lipinski definition) is 2. The second-order valence-corrected chi connectivity index (χ2v) is 7.41. The first-order valence-corrected chi connectivity index (χ1v) is 9.19. The number of rotatable bonds is 1. The number of halogens is 5. The number of aromatic amines is 1. The van der Waals surface area contributed by atoms with Crippen LogP contribution in [0.4, 0.5) is 23.7 Å². The Bertz CT molecular complexity index is 1040. The Morgan fingerprint density at radius 3 is 2.50 bits per heavy atom. The Balaban J connectivity index is 1.71. The van der Waals surface area contributed by atoms with Crippen LogP contribution in [0.3, 0.4) is 0 Å². The lowest BCUT2D eigenvalue weighted by atomic mass is 9.97. The quantitative estimate of drug-likeness (QED) is 0.479. The van der Waals surface area contributed by atoms with Gasteiger partial charge in [-0.15, -0.1) is 0 Å². The first kappa shape index (κ1) is 19.0. The number of nitrogens with one attached hydrogen (secondary N) is 2. The molecule has 0 fully saturated rings. The van der Waals surface area contributed by atoms with Crippen LogP contribution in [0.25, 0.3) is 10.9 Å². The summed E-state index contributed by atoms with van der Waals surface area (Å²) in [6.07, 6.45) is -4.32. The molecule has 0 radical (unpaired) electrons. The predicted octanol–water partition coefficient (Wildman–Crippen LogP) is 6.17. The van der Waals surface area contributed by atoms with E-state index in [0.29, 0.717) is 17.5 Å². The van der Waals surface area contributed by atoms with E-state index < -0.39 is 18.2 Å². The lowest BCUT2D eigenvalue weighted by molar-refractivity contribution is -0.180. The Kier molecular flexibility index (Phi) is 4.67. The third kappa shape index (κ3) is 3.40. The van der Waals surface area contributed by atoms with E-state index in [0.717, 1.165) is 10.3 Å². The highest BCUT2D eigenvalue weighted by Crippen LogP contribution is 2.43. The van der Waals surface area contributed by atoms with E-state index in [1.807, 2.05) is 0 Å². The number of hydrogen-bond acceptors (Lipinski definition) is 1. The highest BCUT2D eigenvalue weighted by Gasteiger charge is 2.50. The number of para-hydroxylation sites is 1. The Hall–Kier alpha value is -2.38. The largest absolute Gasteiger partial charge is 0.414 e. The van der Waals surface area contributed by atoms with Crippen molar-refractivity contribution in [1.82, 2.24) is 9.88 Å². The molecule has 1 aliphatic heterocycles. The standard InChI is InChI=1S/C19H14Cl2F3N3O/c20-10-7-11(21)9-12(8-10)25-18(28)27-6-5-14-13-3-1-2-4-15(13)26-16(14)17(27)19(22,23)24/h1-4,7-9,17,26H,5-6H2,(H,25,28). The number of aromatic nitrogens is 1. The van der Waals surface area contributed by atoms with Crippen LogP contribution in [-0.4, -0.2) is 28.6 Å². The summed E-state index contributed by atoms with van der Waals surface area (Å²) >= 11 is 11.8. The van der Waals surface area contributed by atoms with E-state index in [1.165, 1.54) is 18.2 Å². The molecular weight excluding hydrogens is 414 g/mol. The van der Waals surface area contributed by atoms with Crippen LogP contribution in [0.5, 0.6) is 0 Å². The molecular formula is C19H14Cl2F3N3O. The van der Waals surface area contributed by atoms with E-state index in [2.05, 4.69) is 10.3 Å². The van der Waals surface area contributed by atoms with Gasteiger partial charge in [-0.05, 0) is 36.2 Å². The number of carbonyl (C=O) groups excluding carboxylic acids is 1. The van der Waals surface area contributed by atoms with Gasteiger partial charge in [0.1, 0.15) is 0 Å². The van der Waals surface area contributed by atoms with Crippen molar-refractivity contribution in [2.75, 3.05) is 11.9 Å². The van der Waals surface area contributed by atoms with E-state index in [4.69, 9.17) is 23.2 Å². The molecule has 28 heavy (non-hydrogen) atoms. The van der Waals surface area contributed by atoms with Crippen molar-refractivity contribution in [3.8, 4) is 0 Å². The van der Waals surface area contributed by atoms with E-state index in [9.17, 15) is 18.0 Å². The van der Waals surface area contributed by atoms with Crippen molar-refractivity contribution in [3.63, 3.8) is 0 Å². The smallest absolute Gasteiger partial charge is 0.356 e. The molecule has 2 amide bonds. The van der Waals surface area contributed by atoms with E-state index >= 15 is 0 Å². The zero-order chi connectivity index (χ0) is 20.1. The molecule has 0 saturated heterocycles. The molecule has 146 valence electrons. The topological polar surface area (TPSA) is 48.1 Å². The monoisotopic (exact) mass is 427 g/mol. The molecule has 0 aliphatic carbocycles. The minimum absolute atomic E-state index is 0.000716. The Morgan fingerprint density at radius 1 is 1.14 bits per heavy atom. The van der Waals surface area contributed by atoms with Crippen LogP contribution >= 0.6 is 23.2 Å². The van der Waals surface area contributed by atoms with Crippen LogP contribution in [0.2, 0.25) is 10.0 Å². The molecule has 4 rings (SSSR count). The van der Waals surface area contributed by atoms with Gasteiger partial charge >= 0.3 is 12.2 Å². The summed E-state index contributed by atoms with van der Waals surface area (Å²) in [5.41, 5.74) is 1.43. The second kappa shape index (κ2) is 6.90. The summed E-state index contributed by atoms with van der Waals surface area (Å²) < 4.78 is 41.8. The molecule has 3 aromatic rings. The van der Waals surface area contributed by atoms with Gasteiger partial charge in [0.15, 0.2) is 6.04 Å². The molecule has 1 aromatic heterocycles. The van der Waals surface area contributed by atoms with Crippen LogP contribution in [0.1, 0.15) is 17.3 Å². The van der Waals surface area contributed by atoms with Gasteiger partial charge in [-0.2, -0.15) is 13.2 Å². The average Bonchev–Trinajstić information content (AvgIpc) is 2.97. The van der Waals surface area contributed by atoms with Gasteiger partial charge in [0.05, 0.1) is 5.69 Å². The molecule has 2 heterocycles. The third-order valence-corrected chi connectivity index (χ3v) is 5.16. The fraction of sp³-hybridized carbons (Fsp3) is 0.211. The summed E-state index contributed by atoms with van der Waals surface area (Å²) in [5.74, 6) is 0. The van der Waals surface area contributed by atoms with Gasteiger partial charge in [0.25, 0.3) is 0 Å². The molecule has 2 N–H and O–H groups in total. The highest BCUT2D eigenvalue weighted by atomic mass is 35.5. The van der Waals surface area contributed by atoms with Gasteiger partial charge in [-0.1, -0.05) is 41.4 Å². The maximum Gasteiger partial charge on any atom is 0.414 e. The Labute approximate surface area is 168 Å². The molecule has 4 nitrogen and oxygen atoms in total. The number of alkyl halides is 3. The van der Waals surface area contributed by atoms with E-state index in [1.54, 1.807) is 24.3 Å². The SMILES string of the molecule is O=C(Nc1cc(Cl)cc(Cl)c1)N1CCc2c([nH]c3ccccc23)C1C(F)(F)F. The predicted molar refractivity (Wildman–Crippen MR) is 103 cm³/mol. The molecule has 2 aromatic carbocycles. The number of nitrogens with zero attached hydrogens (tertiary/aromatic N) is 1. The lowest BCUT2D eigenvalue weighted by Gasteiger charge is -2.36. The van der Waals surface area contributed by atoms with Gasteiger partial charge < -0.3 is 15.2 Å². The maximum atomic E-state index is 13.9. The van der Waals surface area contributed by atoms with Gasteiger partial charge in [-0.3, -0.25) is 0 Å². The normalized spacial score (nSPS) is 16.9. The number of anilines is 1. The summed E-state index contributed by atoms with van der Waals surface area (Å²) in [5, 5.41) is 3.75. The first-order valence-electron chi connectivity index (χ1n) is 8.44. The zero-order valence-electron chi connectivity index (χ0n) is 14.3. The van der Waals surface area contributed by atoms with Crippen LogP contribution in [-0.2, 0) is 6.42 Å². The third-order valence-electron chi connectivity index (χ3n) is 4.72. The summed E-state index contributed by atoms with van der Waals surface area (Å²) in [4.78, 5) is 16.3. The van der Waals surface area contributed by atoms with Crippen molar-refractivity contribution < 1.29 is 18.0 Å². The summed E-state index contributed by atoms with van der Waals surface area (Å²) in [6.45, 7) is -0.0703. The molecule has 1 unspecified atom stereocenters. The fourth-order valence-corrected chi connectivity index (χ4v) is 4.15. The van der Waals surface area contributed by atoms with Crippen molar-refractivity contribution in [1.29, 1.82) is 0 Å². The van der Waals surface area contributed by atoms with Crippen LogP contribution in [0, 0.1) is 0 Å². The number of carbonyl (C=O) groups is 1. The second-order valence-electron chi connectivity index (χ2n) is 6.54. The molecule has 9 heteroatoms. The zero-order valence-corrected chi connectivity index (χ0v) is 15.8. The van der Waals surface area contributed by atoms with Gasteiger partial charge in [-0.25, -0.2) is 4.79 Å². The fourth-order valence-electron chi connectivity index (χ4n) is 3.62. The number of benzene rings is 2. The summed E-state index contributed by atoms with van der Waals surface area (Å²) in [7, 11) is 0. The average molecular weight is 428 g/mol. The molecule has 0 spiro atoms. The minimum Gasteiger partial charge on any atom is -0.356 e. The maximum absolute atomic E-state index is 13.9. The van der Waals surface area contributed by atoms with Crippen molar-refractivity contribution in [3.05, 3.63) is 63.8 Å². The molecule has 1 aliphatic rings. The Morgan fingerprint density at radius 2 is 1.82 bits per heavy atom. The highest BCUT2D eigenvalue weighted by molar-refractivity contribution is 6.35. The number of H-pyrrole nitrogens is 1. The first-order chi connectivity index (χ1) is 13.2. The number of amides is 2. The summed E-state index contributed by atoms with van der Waals surface area (Å²) in [6, 6.07) is 8.40. The van der Waals surface area contributed by atoms with Crippen molar-refractivity contribution in [2.45, 2.75) is 18.6 Å². The van der Waals surface area contributed by atoms with Crippen LogP contribution < -0.4 is 5.32 Å².